The van der Waals surface area contributed by atoms with Crippen molar-refractivity contribution >= 4 is 17.5 Å². The van der Waals surface area contributed by atoms with E-state index < -0.39 is 0 Å². The molecule has 0 aliphatic carbocycles. The highest BCUT2D eigenvalue weighted by Gasteiger charge is 2.27. The van der Waals surface area contributed by atoms with Crippen LogP contribution in [-0.4, -0.2) is 34.4 Å². The summed E-state index contributed by atoms with van der Waals surface area (Å²) in [4.78, 5) is 13.2. The molecule has 0 bridgehead atoms. The van der Waals surface area contributed by atoms with Gasteiger partial charge < -0.3 is 10.0 Å². The van der Waals surface area contributed by atoms with Gasteiger partial charge in [-0.1, -0.05) is 18.2 Å². The Balaban J connectivity index is 1.93. The third kappa shape index (κ3) is 2.47. The Hall–Kier alpha value is -1.22. The Labute approximate surface area is 99.6 Å². The molecular weight excluding hydrogens is 226 g/mol. The van der Waals surface area contributed by atoms with E-state index in [4.69, 9.17) is 11.6 Å². The predicted octanol–water partition coefficient (Wildman–Crippen LogP) is 1.77. The van der Waals surface area contributed by atoms with E-state index in [0.29, 0.717) is 25.9 Å². The Kier molecular flexibility index (Phi) is 3.34. The summed E-state index contributed by atoms with van der Waals surface area (Å²) in [6.45, 7) is 1.24. The molecule has 0 spiro atoms. The van der Waals surface area contributed by atoms with Crippen molar-refractivity contribution in [2.45, 2.75) is 18.2 Å². The van der Waals surface area contributed by atoms with Gasteiger partial charge in [-0.15, -0.1) is 11.6 Å². The maximum absolute atomic E-state index is 11.5. The summed E-state index contributed by atoms with van der Waals surface area (Å²) in [5, 5.41) is 9.51. The Morgan fingerprint density at radius 2 is 2.19 bits per heavy atom. The lowest BCUT2D eigenvalue weighted by atomic mass is 10.1. The van der Waals surface area contributed by atoms with Gasteiger partial charge in [0.2, 0.25) is 5.91 Å². The zero-order valence-corrected chi connectivity index (χ0v) is 9.65. The Morgan fingerprint density at radius 3 is 2.81 bits per heavy atom. The SMILES string of the molecule is O=C1CC(Cl)CN1CCc1ccccc1O. The number of para-hydroxylation sites is 1. The van der Waals surface area contributed by atoms with Crippen LogP contribution in [0.1, 0.15) is 12.0 Å². The van der Waals surface area contributed by atoms with Gasteiger partial charge in [-0.05, 0) is 18.1 Å². The monoisotopic (exact) mass is 239 g/mol. The molecule has 0 saturated carbocycles. The molecule has 0 aromatic heterocycles. The normalized spacial score (nSPS) is 20.4. The molecule has 16 heavy (non-hydrogen) atoms. The Morgan fingerprint density at radius 1 is 1.44 bits per heavy atom. The lowest BCUT2D eigenvalue weighted by Gasteiger charge is -2.15. The van der Waals surface area contributed by atoms with Gasteiger partial charge >= 0.3 is 0 Å². The smallest absolute Gasteiger partial charge is 0.224 e. The van der Waals surface area contributed by atoms with Gasteiger partial charge in [0.25, 0.3) is 0 Å². The number of benzene rings is 1. The number of likely N-dealkylation sites (tertiary alicyclic amines) is 1. The molecule has 1 N–H and O–H groups in total. The van der Waals surface area contributed by atoms with E-state index in [1.54, 1.807) is 17.0 Å². The van der Waals surface area contributed by atoms with E-state index in [2.05, 4.69) is 0 Å². The van der Waals surface area contributed by atoms with Gasteiger partial charge in [-0.3, -0.25) is 4.79 Å². The van der Waals surface area contributed by atoms with Gasteiger partial charge in [0.05, 0.1) is 5.38 Å². The second-order valence-corrected chi connectivity index (χ2v) is 4.64. The van der Waals surface area contributed by atoms with Crippen LogP contribution < -0.4 is 0 Å². The number of nitrogens with zero attached hydrogens (tertiary/aromatic N) is 1. The van der Waals surface area contributed by atoms with Gasteiger partial charge in [0, 0.05) is 19.5 Å². The van der Waals surface area contributed by atoms with Crippen LogP contribution in [0, 0.1) is 0 Å². The number of hydrogen-bond acceptors (Lipinski definition) is 2. The molecule has 1 aromatic carbocycles. The zero-order valence-electron chi connectivity index (χ0n) is 8.90. The molecule has 1 saturated heterocycles. The molecule has 1 heterocycles. The van der Waals surface area contributed by atoms with E-state index in [0.717, 1.165) is 5.56 Å². The van der Waals surface area contributed by atoms with Gasteiger partial charge in [0.1, 0.15) is 5.75 Å². The molecule has 86 valence electrons. The van der Waals surface area contributed by atoms with Gasteiger partial charge in [-0.25, -0.2) is 0 Å². The predicted molar refractivity (Wildman–Crippen MR) is 62.6 cm³/mol. The molecule has 1 unspecified atom stereocenters. The fraction of sp³-hybridized carbons (Fsp3) is 0.417. The van der Waals surface area contributed by atoms with Crippen molar-refractivity contribution in [3.05, 3.63) is 29.8 Å². The molecule has 2 rings (SSSR count). The van der Waals surface area contributed by atoms with E-state index in [1.165, 1.54) is 0 Å². The number of rotatable bonds is 3. The Bertz CT molecular complexity index is 394. The van der Waals surface area contributed by atoms with E-state index in [9.17, 15) is 9.90 Å². The first-order chi connectivity index (χ1) is 7.66. The first kappa shape index (κ1) is 11.3. The number of carbonyl (C=O) groups excluding carboxylic acids is 1. The van der Waals surface area contributed by atoms with E-state index >= 15 is 0 Å². The third-order valence-electron chi connectivity index (χ3n) is 2.81. The molecule has 1 aromatic rings. The first-order valence-corrected chi connectivity index (χ1v) is 5.79. The number of aromatic hydroxyl groups is 1. The summed E-state index contributed by atoms with van der Waals surface area (Å²) in [6.07, 6.45) is 1.10. The summed E-state index contributed by atoms with van der Waals surface area (Å²) < 4.78 is 0. The molecule has 1 fully saturated rings. The summed E-state index contributed by atoms with van der Waals surface area (Å²) in [5.74, 6) is 0.395. The van der Waals surface area contributed by atoms with Crippen LogP contribution in [0.15, 0.2) is 24.3 Å². The van der Waals surface area contributed by atoms with Gasteiger partial charge in [0.15, 0.2) is 0 Å². The van der Waals surface area contributed by atoms with E-state index in [-0.39, 0.29) is 17.0 Å². The van der Waals surface area contributed by atoms with Crippen molar-refractivity contribution in [1.82, 2.24) is 4.90 Å². The minimum absolute atomic E-state index is 0.0585. The fourth-order valence-electron chi connectivity index (χ4n) is 1.92. The number of amides is 1. The largest absolute Gasteiger partial charge is 0.508 e. The second-order valence-electron chi connectivity index (χ2n) is 4.02. The van der Waals surface area contributed by atoms with Crippen LogP contribution in [0.4, 0.5) is 0 Å². The summed E-state index contributed by atoms with van der Waals surface area (Å²) in [7, 11) is 0. The van der Waals surface area contributed by atoms with Crippen molar-refractivity contribution < 1.29 is 9.90 Å². The average molecular weight is 240 g/mol. The molecule has 3 nitrogen and oxygen atoms in total. The molecule has 1 atom stereocenters. The van der Waals surface area contributed by atoms with Crippen molar-refractivity contribution in [3.8, 4) is 5.75 Å². The highest BCUT2D eigenvalue weighted by molar-refractivity contribution is 6.22. The standard InChI is InChI=1S/C12H14ClNO2/c13-10-7-12(16)14(8-10)6-5-9-3-1-2-4-11(9)15/h1-4,10,15H,5-8H2. The molecule has 4 heteroatoms. The van der Waals surface area contributed by atoms with Crippen LogP contribution in [0.3, 0.4) is 0 Å². The summed E-state index contributed by atoms with van der Waals surface area (Å²) >= 11 is 5.90. The molecule has 1 aliphatic rings. The topological polar surface area (TPSA) is 40.5 Å². The van der Waals surface area contributed by atoms with Crippen molar-refractivity contribution in [3.63, 3.8) is 0 Å². The van der Waals surface area contributed by atoms with Crippen LogP contribution in [0.5, 0.6) is 5.75 Å². The van der Waals surface area contributed by atoms with Crippen molar-refractivity contribution in [2.75, 3.05) is 13.1 Å². The van der Waals surface area contributed by atoms with Crippen LogP contribution in [-0.2, 0) is 11.2 Å². The zero-order chi connectivity index (χ0) is 11.5. The molecule has 0 radical (unpaired) electrons. The quantitative estimate of drug-likeness (QED) is 0.817. The second kappa shape index (κ2) is 4.74. The summed E-state index contributed by atoms with van der Waals surface area (Å²) in [5.41, 5.74) is 0.869. The van der Waals surface area contributed by atoms with Crippen molar-refractivity contribution in [2.24, 2.45) is 0 Å². The number of alkyl halides is 1. The highest BCUT2D eigenvalue weighted by Crippen LogP contribution is 2.19. The fourth-order valence-corrected chi connectivity index (χ4v) is 2.22. The minimum atomic E-state index is -0.0585. The molecule has 1 aliphatic heterocycles. The third-order valence-corrected chi connectivity index (χ3v) is 3.10. The van der Waals surface area contributed by atoms with Crippen LogP contribution in [0.25, 0.3) is 0 Å². The number of halogens is 1. The van der Waals surface area contributed by atoms with Gasteiger partial charge in [-0.2, -0.15) is 0 Å². The number of phenols is 1. The molecular formula is C12H14ClNO2. The molecule has 1 amide bonds. The van der Waals surface area contributed by atoms with E-state index in [1.807, 2.05) is 12.1 Å². The number of phenolic OH excluding ortho intramolecular Hbond substituents is 1. The summed E-state index contributed by atoms with van der Waals surface area (Å²) in [6, 6.07) is 7.19. The van der Waals surface area contributed by atoms with Crippen molar-refractivity contribution in [1.29, 1.82) is 0 Å². The first-order valence-electron chi connectivity index (χ1n) is 5.35. The van der Waals surface area contributed by atoms with Crippen LogP contribution >= 0.6 is 11.6 Å². The lowest BCUT2D eigenvalue weighted by Crippen LogP contribution is -2.27. The van der Waals surface area contributed by atoms with Crippen LogP contribution in [0.2, 0.25) is 0 Å². The maximum Gasteiger partial charge on any atom is 0.224 e. The number of hydrogen-bond donors (Lipinski definition) is 1. The maximum atomic E-state index is 11.5. The number of carbonyl (C=O) groups is 1. The average Bonchev–Trinajstić information content (AvgIpc) is 2.56. The lowest BCUT2D eigenvalue weighted by molar-refractivity contribution is -0.127. The minimum Gasteiger partial charge on any atom is -0.508 e. The highest BCUT2D eigenvalue weighted by atomic mass is 35.5.